The fraction of sp³-hybridized carbons (Fsp3) is 0.520. The zero-order chi connectivity index (χ0) is 21.1. The van der Waals surface area contributed by atoms with E-state index in [0.717, 1.165) is 45.2 Å². The summed E-state index contributed by atoms with van der Waals surface area (Å²) in [6.45, 7) is 7.04. The molecule has 3 heterocycles. The van der Waals surface area contributed by atoms with E-state index in [4.69, 9.17) is 0 Å². The number of carbonyl (C=O) groups is 2. The molecule has 0 aliphatic carbocycles. The molecule has 0 N–H and O–H groups in total. The van der Waals surface area contributed by atoms with Crippen LogP contribution in [0.1, 0.15) is 45.1 Å². The SMILES string of the molecule is CC(C)C(=O)N1CCC(Cc2ccc(-c3cccs3)cc2)(C(=O)N2CCCC2)CC1. The van der Waals surface area contributed by atoms with Crippen LogP contribution in [0.3, 0.4) is 0 Å². The molecule has 2 saturated heterocycles. The van der Waals surface area contributed by atoms with Crippen LogP contribution in [0.4, 0.5) is 0 Å². The van der Waals surface area contributed by atoms with E-state index in [1.807, 2.05) is 18.7 Å². The lowest BCUT2D eigenvalue weighted by Crippen LogP contribution is -2.52. The Morgan fingerprint density at radius 1 is 0.967 bits per heavy atom. The van der Waals surface area contributed by atoms with Crippen LogP contribution in [0.25, 0.3) is 10.4 Å². The number of carbonyl (C=O) groups excluding carboxylic acids is 2. The van der Waals surface area contributed by atoms with E-state index in [2.05, 4.69) is 46.7 Å². The van der Waals surface area contributed by atoms with Gasteiger partial charge in [0.25, 0.3) is 0 Å². The zero-order valence-electron chi connectivity index (χ0n) is 18.1. The van der Waals surface area contributed by atoms with Gasteiger partial charge in [0.2, 0.25) is 11.8 Å². The van der Waals surface area contributed by atoms with Crippen molar-refractivity contribution >= 4 is 23.2 Å². The minimum absolute atomic E-state index is 0.0107. The van der Waals surface area contributed by atoms with Gasteiger partial charge in [0.15, 0.2) is 0 Å². The highest BCUT2D eigenvalue weighted by Gasteiger charge is 2.44. The summed E-state index contributed by atoms with van der Waals surface area (Å²) in [7, 11) is 0. The van der Waals surface area contributed by atoms with Gasteiger partial charge in [0.05, 0.1) is 5.41 Å². The van der Waals surface area contributed by atoms with Crippen LogP contribution in [-0.2, 0) is 16.0 Å². The van der Waals surface area contributed by atoms with Crippen molar-refractivity contribution < 1.29 is 9.59 Å². The van der Waals surface area contributed by atoms with Crippen molar-refractivity contribution in [3.8, 4) is 10.4 Å². The third kappa shape index (κ3) is 4.31. The molecule has 2 aromatic rings. The van der Waals surface area contributed by atoms with Gasteiger partial charge in [-0.25, -0.2) is 0 Å². The number of benzene rings is 1. The first-order valence-electron chi connectivity index (χ1n) is 11.2. The molecule has 2 fully saturated rings. The largest absolute Gasteiger partial charge is 0.342 e. The molecule has 4 rings (SSSR count). The zero-order valence-corrected chi connectivity index (χ0v) is 18.9. The van der Waals surface area contributed by atoms with Crippen LogP contribution in [-0.4, -0.2) is 47.8 Å². The summed E-state index contributed by atoms with van der Waals surface area (Å²) in [5.74, 6) is 0.521. The van der Waals surface area contributed by atoms with Gasteiger partial charge in [-0.1, -0.05) is 44.2 Å². The van der Waals surface area contributed by atoms with Crippen LogP contribution in [0.15, 0.2) is 41.8 Å². The van der Waals surface area contributed by atoms with E-state index in [-0.39, 0.29) is 17.2 Å². The average molecular weight is 425 g/mol. The predicted molar refractivity (Wildman–Crippen MR) is 122 cm³/mol. The van der Waals surface area contributed by atoms with Crippen molar-refractivity contribution in [1.29, 1.82) is 0 Å². The highest BCUT2D eigenvalue weighted by Crippen LogP contribution is 2.39. The lowest BCUT2D eigenvalue weighted by atomic mass is 9.72. The lowest BCUT2D eigenvalue weighted by molar-refractivity contribution is -0.148. The fourth-order valence-electron chi connectivity index (χ4n) is 4.86. The predicted octanol–water partition coefficient (Wildman–Crippen LogP) is 4.84. The Morgan fingerprint density at radius 2 is 1.63 bits per heavy atom. The third-order valence-electron chi connectivity index (χ3n) is 6.68. The quantitative estimate of drug-likeness (QED) is 0.689. The van der Waals surface area contributed by atoms with E-state index >= 15 is 0 Å². The minimum atomic E-state index is -0.386. The molecule has 1 aromatic carbocycles. The van der Waals surface area contributed by atoms with E-state index in [0.29, 0.717) is 19.0 Å². The first kappa shape index (κ1) is 21.1. The number of nitrogens with zero attached hydrogens (tertiary/aromatic N) is 2. The Labute approximate surface area is 183 Å². The summed E-state index contributed by atoms with van der Waals surface area (Å²) >= 11 is 1.75. The molecular formula is C25H32N2O2S. The van der Waals surface area contributed by atoms with Gasteiger partial charge >= 0.3 is 0 Å². The van der Waals surface area contributed by atoms with E-state index < -0.39 is 0 Å². The molecule has 0 spiro atoms. The molecule has 0 bridgehead atoms. The summed E-state index contributed by atoms with van der Waals surface area (Å²) < 4.78 is 0. The molecule has 4 nitrogen and oxygen atoms in total. The molecule has 30 heavy (non-hydrogen) atoms. The first-order chi connectivity index (χ1) is 14.5. The second-order valence-electron chi connectivity index (χ2n) is 9.11. The van der Waals surface area contributed by atoms with Gasteiger partial charge in [-0.15, -0.1) is 11.3 Å². The molecule has 0 radical (unpaired) electrons. The number of amides is 2. The summed E-state index contributed by atoms with van der Waals surface area (Å²) in [5, 5.41) is 2.10. The average Bonchev–Trinajstić information content (AvgIpc) is 3.48. The van der Waals surface area contributed by atoms with Crippen LogP contribution >= 0.6 is 11.3 Å². The Hall–Kier alpha value is -2.14. The summed E-state index contributed by atoms with van der Waals surface area (Å²) in [4.78, 5) is 31.4. The molecule has 0 atom stereocenters. The Kier molecular flexibility index (Phi) is 6.28. The number of thiophene rings is 1. The second kappa shape index (κ2) is 8.93. The Morgan fingerprint density at radius 3 is 2.20 bits per heavy atom. The van der Waals surface area contributed by atoms with Crippen LogP contribution in [0, 0.1) is 11.3 Å². The third-order valence-corrected chi connectivity index (χ3v) is 7.59. The van der Waals surface area contributed by atoms with Crippen LogP contribution in [0.5, 0.6) is 0 Å². The first-order valence-corrected chi connectivity index (χ1v) is 12.1. The fourth-order valence-corrected chi connectivity index (χ4v) is 5.60. The topological polar surface area (TPSA) is 40.6 Å². The van der Waals surface area contributed by atoms with Gasteiger partial charge in [-0.2, -0.15) is 0 Å². The standard InChI is InChI=1S/C25H32N2O2S/c1-19(2)23(28)26-15-11-25(12-16-26,24(29)27-13-3-4-14-27)18-20-7-9-21(10-8-20)22-6-5-17-30-22/h5-10,17,19H,3-4,11-16,18H2,1-2H3. The molecule has 5 heteroatoms. The van der Waals surface area contributed by atoms with E-state index in [1.54, 1.807) is 11.3 Å². The normalized spacial score (nSPS) is 18.8. The molecule has 0 unspecified atom stereocenters. The number of rotatable bonds is 5. The van der Waals surface area contributed by atoms with Crippen molar-refractivity contribution in [3.63, 3.8) is 0 Å². The van der Waals surface area contributed by atoms with Gasteiger partial charge in [-0.05, 0) is 54.7 Å². The van der Waals surface area contributed by atoms with E-state index in [1.165, 1.54) is 16.0 Å². The van der Waals surface area contributed by atoms with E-state index in [9.17, 15) is 9.59 Å². The Bertz CT molecular complexity index is 859. The van der Waals surface area contributed by atoms with Crippen molar-refractivity contribution in [1.82, 2.24) is 9.80 Å². The van der Waals surface area contributed by atoms with Gasteiger partial charge < -0.3 is 9.80 Å². The molecule has 2 amide bonds. The molecule has 0 saturated carbocycles. The smallest absolute Gasteiger partial charge is 0.229 e. The molecule has 160 valence electrons. The highest BCUT2D eigenvalue weighted by molar-refractivity contribution is 7.13. The van der Waals surface area contributed by atoms with Gasteiger partial charge in [-0.3, -0.25) is 9.59 Å². The molecule has 1 aromatic heterocycles. The Balaban J connectivity index is 1.54. The lowest BCUT2D eigenvalue weighted by Gasteiger charge is -2.43. The highest BCUT2D eigenvalue weighted by atomic mass is 32.1. The van der Waals surface area contributed by atoms with Crippen LogP contribution in [0.2, 0.25) is 0 Å². The monoisotopic (exact) mass is 424 g/mol. The summed E-state index contributed by atoms with van der Waals surface area (Å²) in [6.07, 6.45) is 4.49. The van der Waals surface area contributed by atoms with Crippen LogP contribution < -0.4 is 0 Å². The van der Waals surface area contributed by atoms with Crippen molar-refractivity contribution in [2.75, 3.05) is 26.2 Å². The maximum absolute atomic E-state index is 13.6. The summed E-state index contributed by atoms with van der Waals surface area (Å²) in [6, 6.07) is 12.9. The second-order valence-corrected chi connectivity index (χ2v) is 10.1. The number of piperidine rings is 1. The van der Waals surface area contributed by atoms with Crippen molar-refractivity contribution in [2.24, 2.45) is 11.3 Å². The number of hydrogen-bond acceptors (Lipinski definition) is 3. The van der Waals surface area contributed by atoms with Crippen molar-refractivity contribution in [2.45, 2.75) is 46.0 Å². The maximum atomic E-state index is 13.6. The molecule has 2 aliphatic rings. The number of likely N-dealkylation sites (tertiary alicyclic amines) is 2. The van der Waals surface area contributed by atoms with Gasteiger partial charge in [0, 0.05) is 37.0 Å². The van der Waals surface area contributed by atoms with Crippen molar-refractivity contribution in [3.05, 3.63) is 47.3 Å². The summed E-state index contributed by atoms with van der Waals surface area (Å²) in [5.41, 5.74) is 2.06. The molecular weight excluding hydrogens is 392 g/mol. The maximum Gasteiger partial charge on any atom is 0.229 e. The molecule has 2 aliphatic heterocycles. The minimum Gasteiger partial charge on any atom is -0.342 e. The number of hydrogen-bond donors (Lipinski definition) is 0. The van der Waals surface area contributed by atoms with Gasteiger partial charge in [0.1, 0.15) is 0 Å².